The van der Waals surface area contributed by atoms with Crippen molar-refractivity contribution in [2.45, 2.75) is 35.2 Å². The van der Waals surface area contributed by atoms with Crippen LogP contribution >= 0.6 is 11.8 Å². The highest BCUT2D eigenvalue weighted by atomic mass is 32.2. The Bertz CT molecular complexity index is 954. The number of benzene rings is 2. The SMILES string of the molecule is COC1(c2cc(F)cc(Sc3ccc(C(C)=O)c(C(=O)N(C)C)c3)c2)CCOCC1. The van der Waals surface area contributed by atoms with Gasteiger partial charge in [-0.2, -0.15) is 0 Å². The highest BCUT2D eigenvalue weighted by Crippen LogP contribution is 2.39. The molecule has 2 aromatic rings. The summed E-state index contributed by atoms with van der Waals surface area (Å²) in [6.45, 7) is 2.57. The summed E-state index contributed by atoms with van der Waals surface area (Å²) in [4.78, 5) is 27.4. The monoisotopic (exact) mass is 431 g/mol. The molecule has 0 saturated carbocycles. The van der Waals surface area contributed by atoms with E-state index in [1.165, 1.54) is 35.7 Å². The van der Waals surface area contributed by atoms with Crippen LogP contribution in [0.4, 0.5) is 4.39 Å². The van der Waals surface area contributed by atoms with Crippen molar-refractivity contribution in [3.63, 3.8) is 0 Å². The zero-order valence-corrected chi connectivity index (χ0v) is 18.5. The number of carbonyl (C=O) groups is 2. The third kappa shape index (κ3) is 4.74. The molecule has 1 saturated heterocycles. The molecule has 0 N–H and O–H groups in total. The van der Waals surface area contributed by atoms with Crippen LogP contribution in [0.5, 0.6) is 0 Å². The molecule has 5 nitrogen and oxygen atoms in total. The molecule has 1 aliphatic heterocycles. The van der Waals surface area contributed by atoms with Crippen LogP contribution in [0.2, 0.25) is 0 Å². The van der Waals surface area contributed by atoms with E-state index in [0.717, 1.165) is 10.5 Å². The van der Waals surface area contributed by atoms with Crippen LogP contribution in [0.3, 0.4) is 0 Å². The molecule has 0 bridgehead atoms. The van der Waals surface area contributed by atoms with E-state index in [1.54, 1.807) is 39.4 Å². The Morgan fingerprint density at radius 2 is 1.77 bits per heavy atom. The van der Waals surface area contributed by atoms with Crippen LogP contribution < -0.4 is 0 Å². The van der Waals surface area contributed by atoms with Crippen LogP contribution in [-0.4, -0.2) is 51.0 Å². The lowest BCUT2D eigenvalue weighted by Crippen LogP contribution is -2.35. The standard InChI is InChI=1S/C23H26FNO4S/c1-15(26)20-6-5-18(14-21(20)22(27)25(2)3)30-19-12-16(11-17(24)13-19)23(28-4)7-9-29-10-8-23/h5-6,11-14H,7-10H2,1-4H3. The number of ketones is 1. The van der Waals surface area contributed by atoms with Crippen LogP contribution in [-0.2, 0) is 15.1 Å². The fourth-order valence-corrected chi connectivity index (χ4v) is 4.59. The van der Waals surface area contributed by atoms with Crippen LogP contribution in [0.1, 0.15) is 46.0 Å². The minimum absolute atomic E-state index is 0.175. The van der Waals surface area contributed by atoms with Crippen molar-refractivity contribution in [3.8, 4) is 0 Å². The first-order chi connectivity index (χ1) is 14.3. The Balaban J connectivity index is 1.96. The number of hydrogen-bond donors (Lipinski definition) is 0. The van der Waals surface area contributed by atoms with Crippen molar-refractivity contribution in [1.82, 2.24) is 4.90 Å². The number of Topliss-reactive ketones (excluding diaryl/α,β-unsaturated/α-hetero) is 1. The molecule has 7 heteroatoms. The minimum atomic E-state index is -0.569. The number of amides is 1. The van der Waals surface area contributed by atoms with Crippen LogP contribution in [0.15, 0.2) is 46.2 Å². The fourth-order valence-electron chi connectivity index (χ4n) is 3.64. The Labute approximate surface area is 180 Å². The van der Waals surface area contributed by atoms with Gasteiger partial charge in [0, 0.05) is 62.6 Å². The van der Waals surface area contributed by atoms with Crippen molar-refractivity contribution in [1.29, 1.82) is 0 Å². The Kier molecular flexibility index (Phi) is 6.95. The summed E-state index contributed by atoms with van der Waals surface area (Å²) in [7, 11) is 4.93. The summed E-state index contributed by atoms with van der Waals surface area (Å²) >= 11 is 1.34. The second kappa shape index (κ2) is 9.29. The van der Waals surface area contributed by atoms with Gasteiger partial charge in [0.15, 0.2) is 5.78 Å². The maximum absolute atomic E-state index is 14.5. The lowest BCUT2D eigenvalue weighted by Gasteiger charge is -2.36. The summed E-state index contributed by atoms with van der Waals surface area (Å²) in [5, 5.41) is 0. The number of halogens is 1. The largest absolute Gasteiger partial charge is 0.381 e. The van der Waals surface area contributed by atoms with E-state index >= 15 is 0 Å². The molecule has 0 radical (unpaired) electrons. The summed E-state index contributed by atoms with van der Waals surface area (Å²) in [6.07, 6.45) is 1.32. The molecule has 0 aromatic heterocycles. The number of hydrogen-bond acceptors (Lipinski definition) is 5. The third-order valence-corrected chi connectivity index (χ3v) is 6.29. The molecule has 2 aromatic carbocycles. The third-order valence-electron chi connectivity index (χ3n) is 5.33. The van der Waals surface area contributed by atoms with E-state index in [4.69, 9.17) is 9.47 Å². The van der Waals surface area contributed by atoms with Gasteiger partial charge in [-0.15, -0.1) is 0 Å². The molecular weight excluding hydrogens is 405 g/mol. The van der Waals surface area contributed by atoms with Crippen molar-refractivity contribution < 1.29 is 23.5 Å². The number of ether oxygens (including phenoxy) is 2. The number of nitrogens with zero attached hydrogens (tertiary/aromatic N) is 1. The first-order valence-corrected chi connectivity index (χ1v) is 10.6. The quantitative estimate of drug-likeness (QED) is 0.629. The summed E-state index contributed by atoms with van der Waals surface area (Å²) in [6, 6.07) is 10.0. The molecular formula is C23H26FNO4S. The van der Waals surface area contributed by atoms with Gasteiger partial charge in [0.05, 0.1) is 11.2 Å². The molecule has 160 valence electrons. The minimum Gasteiger partial charge on any atom is -0.381 e. The van der Waals surface area contributed by atoms with Gasteiger partial charge in [-0.05, 0) is 48.9 Å². The van der Waals surface area contributed by atoms with Gasteiger partial charge in [0.2, 0.25) is 0 Å². The van der Waals surface area contributed by atoms with Gasteiger partial charge in [0.25, 0.3) is 5.91 Å². The van der Waals surface area contributed by atoms with Gasteiger partial charge < -0.3 is 14.4 Å². The lowest BCUT2D eigenvalue weighted by atomic mass is 9.86. The highest BCUT2D eigenvalue weighted by Gasteiger charge is 2.35. The maximum atomic E-state index is 14.5. The Morgan fingerprint density at radius 3 is 2.37 bits per heavy atom. The molecule has 1 amide bonds. The van der Waals surface area contributed by atoms with E-state index < -0.39 is 5.60 Å². The van der Waals surface area contributed by atoms with Gasteiger partial charge in [0.1, 0.15) is 5.82 Å². The van der Waals surface area contributed by atoms with E-state index in [0.29, 0.717) is 42.1 Å². The molecule has 1 aliphatic rings. The second-order valence-corrected chi connectivity index (χ2v) is 8.70. The number of methoxy groups -OCH3 is 1. The zero-order valence-electron chi connectivity index (χ0n) is 17.7. The van der Waals surface area contributed by atoms with E-state index in [2.05, 4.69) is 0 Å². The van der Waals surface area contributed by atoms with Crippen molar-refractivity contribution >= 4 is 23.5 Å². The van der Waals surface area contributed by atoms with Crippen LogP contribution in [0, 0.1) is 5.82 Å². The van der Waals surface area contributed by atoms with Gasteiger partial charge >= 0.3 is 0 Å². The predicted octanol–water partition coefficient (Wildman–Crippen LogP) is 4.53. The highest BCUT2D eigenvalue weighted by molar-refractivity contribution is 7.99. The van der Waals surface area contributed by atoms with Crippen LogP contribution in [0.25, 0.3) is 0 Å². The fraction of sp³-hybridized carbons (Fsp3) is 0.391. The molecule has 0 atom stereocenters. The molecule has 0 spiro atoms. The predicted molar refractivity (Wildman–Crippen MR) is 114 cm³/mol. The molecule has 1 heterocycles. The van der Waals surface area contributed by atoms with Crippen molar-refractivity contribution in [2.24, 2.45) is 0 Å². The summed E-state index contributed by atoms with van der Waals surface area (Å²) in [5.41, 5.74) is 0.923. The van der Waals surface area contributed by atoms with E-state index in [-0.39, 0.29) is 17.5 Å². The Hall–Kier alpha value is -2.22. The number of carbonyl (C=O) groups excluding carboxylic acids is 2. The normalized spacial score (nSPS) is 15.6. The number of rotatable bonds is 6. The Morgan fingerprint density at radius 1 is 1.07 bits per heavy atom. The van der Waals surface area contributed by atoms with Crippen molar-refractivity contribution in [2.75, 3.05) is 34.4 Å². The smallest absolute Gasteiger partial charge is 0.254 e. The topological polar surface area (TPSA) is 55.8 Å². The van der Waals surface area contributed by atoms with E-state index in [9.17, 15) is 14.0 Å². The second-order valence-electron chi connectivity index (χ2n) is 7.55. The molecule has 3 rings (SSSR count). The molecule has 1 fully saturated rings. The molecule has 30 heavy (non-hydrogen) atoms. The van der Waals surface area contributed by atoms with Crippen molar-refractivity contribution in [3.05, 3.63) is 58.9 Å². The van der Waals surface area contributed by atoms with E-state index in [1.807, 2.05) is 6.07 Å². The summed E-state index contributed by atoms with van der Waals surface area (Å²) in [5.74, 6) is -0.766. The van der Waals surface area contributed by atoms with Gasteiger partial charge in [-0.3, -0.25) is 9.59 Å². The average Bonchev–Trinajstić information content (AvgIpc) is 2.73. The summed E-state index contributed by atoms with van der Waals surface area (Å²) < 4.78 is 25.7. The average molecular weight is 432 g/mol. The maximum Gasteiger partial charge on any atom is 0.254 e. The zero-order chi connectivity index (χ0) is 21.9. The molecule has 0 unspecified atom stereocenters. The first kappa shape index (κ1) is 22.5. The first-order valence-electron chi connectivity index (χ1n) is 9.74. The molecule has 0 aliphatic carbocycles. The van der Waals surface area contributed by atoms with Gasteiger partial charge in [-0.1, -0.05) is 11.8 Å². The van der Waals surface area contributed by atoms with Gasteiger partial charge in [-0.25, -0.2) is 4.39 Å². The lowest BCUT2D eigenvalue weighted by molar-refractivity contribution is -0.0950.